The summed E-state index contributed by atoms with van der Waals surface area (Å²) in [5.41, 5.74) is 6.92. The molecule has 0 aliphatic heterocycles. The first-order valence-electron chi connectivity index (χ1n) is 4.53. The molecule has 1 aliphatic carbocycles. The van der Waals surface area contributed by atoms with Gasteiger partial charge in [0.05, 0.1) is 11.7 Å². The lowest BCUT2D eigenvalue weighted by molar-refractivity contribution is 0.458. The maximum absolute atomic E-state index is 5.83. The van der Waals surface area contributed by atoms with Crippen molar-refractivity contribution in [2.45, 2.75) is 38.3 Å². The zero-order valence-electron chi connectivity index (χ0n) is 7.40. The van der Waals surface area contributed by atoms with Crippen LogP contribution < -0.4 is 5.73 Å². The number of rotatable bonds is 1. The van der Waals surface area contributed by atoms with Gasteiger partial charge in [0.1, 0.15) is 0 Å². The van der Waals surface area contributed by atoms with Gasteiger partial charge >= 0.3 is 0 Å². The Kier molecular flexibility index (Phi) is 1.89. The maximum atomic E-state index is 5.83. The molecule has 2 unspecified atom stereocenters. The monoisotopic (exact) mass is 165 g/mol. The van der Waals surface area contributed by atoms with Gasteiger partial charge in [-0.2, -0.15) is 5.10 Å². The molecule has 1 heterocycles. The van der Waals surface area contributed by atoms with Crippen LogP contribution in [0.4, 0.5) is 0 Å². The number of hydrogen-bond donors (Lipinski definition) is 1. The van der Waals surface area contributed by atoms with Crippen LogP contribution in [0.25, 0.3) is 0 Å². The third kappa shape index (κ3) is 1.37. The number of hydrogen-bond acceptors (Lipinski definition) is 2. The molecule has 0 aromatic carbocycles. The summed E-state index contributed by atoms with van der Waals surface area (Å²) < 4.78 is 2.06. The Morgan fingerprint density at radius 3 is 2.92 bits per heavy atom. The maximum Gasteiger partial charge on any atom is 0.0593 e. The standard InChI is InChI=1S/C9H15N3/c1-7-4-5-12(11-7)9-3-2-8(10)6-9/h4-5,8-9H,2-3,6,10H2,1H3. The molecule has 2 atom stereocenters. The van der Waals surface area contributed by atoms with Crippen LogP contribution in [0.2, 0.25) is 0 Å². The van der Waals surface area contributed by atoms with E-state index in [1.165, 1.54) is 6.42 Å². The highest BCUT2D eigenvalue weighted by Crippen LogP contribution is 2.27. The zero-order chi connectivity index (χ0) is 8.55. The van der Waals surface area contributed by atoms with Crippen molar-refractivity contribution in [3.05, 3.63) is 18.0 Å². The first-order valence-corrected chi connectivity index (χ1v) is 4.53. The summed E-state index contributed by atoms with van der Waals surface area (Å²) in [6, 6.07) is 2.98. The SMILES string of the molecule is Cc1ccn(C2CCC(N)C2)n1. The Hall–Kier alpha value is -0.830. The van der Waals surface area contributed by atoms with Crippen LogP contribution >= 0.6 is 0 Å². The summed E-state index contributed by atoms with van der Waals surface area (Å²) in [5, 5.41) is 4.39. The first kappa shape index (κ1) is 7.80. The van der Waals surface area contributed by atoms with E-state index < -0.39 is 0 Å². The van der Waals surface area contributed by atoms with Gasteiger partial charge in [-0.25, -0.2) is 0 Å². The van der Waals surface area contributed by atoms with E-state index >= 15 is 0 Å². The Bertz CT molecular complexity index is 266. The lowest BCUT2D eigenvalue weighted by Gasteiger charge is -2.09. The Labute approximate surface area is 72.6 Å². The Balaban J connectivity index is 2.11. The Morgan fingerprint density at radius 1 is 1.58 bits per heavy atom. The predicted molar refractivity (Wildman–Crippen MR) is 47.8 cm³/mol. The van der Waals surface area contributed by atoms with Crippen LogP contribution in [0, 0.1) is 6.92 Å². The molecule has 1 aliphatic rings. The topological polar surface area (TPSA) is 43.8 Å². The van der Waals surface area contributed by atoms with E-state index in [1.807, 2.05) is 13.0 Å². The van der Waals surface area contributed by atoms with Crippen molar-refractivity contribution < 1.29 is 0 Å². The van der Waals surface area contributed by atoms with Gasteiger partial charge in [-0.15, -0.1) is 0 Å². The third-order valence-corrected chi connectivity index (χ3v) is 2.56. The molecule has 2 N–H and O–H groups in total. The molecular formula is C9H15N3. The summed E-state index contributed by atoms with van der Waals surface area (Å²) >= 11 is 0. The van der Waals surface area contributed by atoms with Gasteiger partial charge in [-0.1, -0.05) is 0 Å². The normalized spacial score (nSPS) is 29.5. The van der Waals surface area contributed by atoms with Crippen molar-refractivity contribution in [1.82, 2.24) is 9.78 Å². The van der Waals surface area contributed by atoms with Crippen LogP contribution in [0.5, 0.6) is 0 Å². The molecule has 0 radical (unpaired) electrons. The number of aryl methyl sites for hydroxylation is 1. The third-order valence-electron chi connectivity index (χ3n) is 2.56. The fraction of sp³-hybridized carbons (Fsp3) is 0.667. The fourth-order valence-corrected chi connectivity index (χ4v) is 1.87. The number of aromatic nitrogens is 2. The van der Waals surface area contributed by atoms with Crippen molar-refractivity contribution >= 4 is 0 Å². The van der Waals surface area contributed by atoms with E-state index in [1.54, 1.807) is 0 Å². The lowest BCUT2D eigenvalue weighted by atomic mass is 10.2. The van der Waals surface area contributed by atoms with Crippen LogP contribution in [0.15, 0.2) is 12.3 Å². The van der Waals surface area contributed by atoms with Crippen molar-refractivity contribution in [3.8, 4) is 0 Å². The van der Waals surface area contributed by atoms with Crippen molar-refractivity contribution in [2.24, 2.45) is 5.73 Å². The molecule has 0 spiro atoms. The molecule has 1 saturated carbocycles. The van der Waals surface area contributed by atoms with Gasteiger partial charge in [0, 0.05) is 12.2 Å². The van der Waals surface area contributed by atoms with Crippen LogP contribution in [0.3, 0.4) is 0 Å². The van der Waals surface area contributed by atoms with E-state index in [2.05, 4.69) is 16.0 Å². The number of nitrogens with zero attached hydrogens (tertiary/aromatic N) is 2. The molecule has 3 nitrogen and oxygen atoms in total. The van der Waals surface area contributed by atoms with Gasteiger partial charge < -0.3 is 5.73 Å². The molecule has 1 aromatic rings. The van der Waals surface area contributed by atoms with Gasteiger partial charge in [0.15, 0.2) is 0 Å². The summed E-state index contributed by atoms with van der Waals surface area (Å²) in [6.07, 6.45) is 5.46. The molecule has 0 amide bonds. The predicted octanol–water partition coefficient (Wildman–Crippen LogP) is 1.24. The molecule has 1 aromatic heterocycles. The van der Waals surface area contributed by atoms with Crippen molar-refractivity contribution in [1.29, 1.82) is 0 Å². The highest BCUT2D eigenvalue weighted by Gasteiger charge is 2.23. The quantitative estimate of drug-likeness (QED) is 0.680. The second kappa shape index (κ2) is 2.90. The summed E-state index contributed by atoms with van der Waals surface area (Å²) in [5.74, 6) is 0. The molecule has 1 fully saturated rings. The van der Waals surface area contributed by atoms with E-state index in [0.717, 1.165) is 18.5 Å². The van der Waals surface area contributed by atoms with Gasteiger partial charge in [-0.05, 0) is 32.3 Å². The molecule has 12 heavy (non-hydrogen) atoms. The molecule has 0 bridgehead atoms. The minimum Gasteiger partial charge on any atom is -0.328 e. The van der Waals surface area contributed by atoms with E-state index in [4.69, 9.17) is 5.73 Å². The highest BCUT2D eigenvalue weighted by molar-refractivity contribution is 4.97. The van der Waals surface area contributed by atoms with Gasteiger partial charge in [0.2, 0.25) is 0 Å². The summed E-state index contributed by atoms with van der Waals surface area (Å²) in [7, 11) is 0. The van der Waals surface area contributed by atoms with Crippen LogP contribution in [0.1, 0.15) is 31.0 Å². The number of nitrogens with two attached hydrogens (primary N) is 1. The highest BCUT2D eigenvalue weighted by atomic mass is 15.3. The lowest BCUT2D eigenvalue weighted by Crippen LogP contribution is -2.16. The van der Waals surface area contributed by atoms with Gasteiger partial charge in [0.25, 0.3) is 0 Å². The second-order valence-electron chi connectivity index (χ2n) is 3.66. The van der Waals surface area contributed by atoms with Crippen molar-refractivity contribution in [2.75, 3.05) is 0 Å². The molecule has 3 heteroatoms. The molecule has 0 saturated heterocycles. The largest absolute Gasteiger partial charge is 0.328 e. The van der Waals surface area contributed by atoms with E-state index in [0.29, 0.717) is 12.1 Å². The summed E-state index contributed by atoms with van der Waals surface area (Å²) in [6.45, 7) is 2.02. The van der Waals surface area contributed by atoms with E-state index in [9.17, 15) is 0 Å². The van der Waals surface area contributed by atoms with Crippen molar-refractivity contribution in [3.63, 3.8) is 0 Å². The zero-order valence-corrected chi connectivity index (χ0v) is 7.40. The molecule has 2 rings (SSSR count). The minimum atomic E-state index is 0.388. The van der Waals surface area contributed by atoms with Crippen LogP contribution in [-0.4, -0.2) is 15.8 Å². The van der Waals surface area contributed by atoms with E-state index in [-0.39, 0.29) is 0 Å². The molecular weight excluding hydrogens is 150 g/mol. The first-order chi connectivity index (χ1) is 5.75. The van der Waals surface area contributed by atoms with Crippen LogP contribution in [-0.2, 0) is 0 Å². The second-order valence-corrected chi connectivity index (χ2v) is 3.66. The summed E-state index contributed by atoms with van der Waals surface area (Å²) in [4.78, 5) is 0. The average molecular weight is 165 g/mol. The minimum absolute atomic E-state index is 0.388. The Morgan fingerprint density at radius 2 is 2.42 bits per heavy atom. The smallest absolute Gasteiger partial charge is 0.0593 e. The average Bonchev–Trinajstić information content (AvgIpc) is 2.58. The fourth-order valence-electron chi connectivity index (χ4n) is 1.87. The molecule has 66 valence electrons. The van der Waals surface area contributed by atoms with Gasteiger partial charge in [-0.3, -0.25) is 4.68 Å².